The van der Waals surface area contributed by atoms with E-state index in [9.17, 15) is 0 Å². The predicted octanol–water partition coefficient (Wildman–Crippen LogP) is 3.58. The summed E-state index contributed by atoms with van der Waals surface area (Å²) in [4.78, 5) is 10.9. The summed E-state index contributed by atoms with van der Waals surface area (Å²) in [7, 11) is 3.83. The standard InChI is InChI=1S/C19H28N4OS/c1-14(2)24-12-17-8-6-16(7-9-17)10-21-19(20-4)23(5)11-18-13-25-15(3)22-18/h6-9,13-14H,10-12H2,1-5H3,(H,20,21). The van der Waals surface area contributed by atoms with Crippen molar-refractivity contribution in [3.05, 3.63) is 51.5 Å². The molecule has 1 N–H and O–H groups in total. The minimum atomic E-state index is 0.252. The summed E-state index contributed by atoms with van der Waals surface area (Å²) >= 11 is 1.67. The highest BCUT2D eigenvalue weighted by Gasteiger charge is 2.08. The van der Waals surface area contributed by atoms with Gasteiger partial charge in [0.2, 0.25) is 0 Å². The van der Waals surface area contributed by atoms with Crippen molar-refractivity contribution in [3.63, 3.8) is 0 Å². The first-order chi connectivity index (χ1) is 12.0. The van der Waals surface area contributed by atoms with E-state index in [1.165, 1.54) is 11.1 Å². The smallest absolute Gasteiger partial charge is 0.194 e. The summed E-state index contributed by atoms with van der Waals surface area (Å²) in [5.74, 6) is 0.859. The van der Waals surface area contributed by atoms with Crippen molar-refractivity contribution >= 4 is 17.3 Å². The summed E-state index contributed by atoms with van der Waals surface area (Å²) in [6, 6.07) is 8.49. The minimum Gasteiger partial charge on any atom is -0.374 e. The van der Waals surface area contributed by atoms with Crippen LogP contribution in [0.15, 0.2) is 34.6 Å². The maximum Gasteiger partial charge on any atom is 0.194 e. The lowest BCUT2D eigenvalue weighted by atomic mass is 10.1. The molecule has 0 atom stereocenters. The average Bonchev–Trinajstić information content (AvgIpc) is 2.99. The molecule has 0 saturated carbocycles. The number of nitrogens with one attached hydrogen (secondary N) is 1. The molecular weight excluding hydrogens is 332 g/mol. The molecule has 6 heteroatoms. The van der Waals surface area contributed by atoms with Crippen molar-refractivity contribution in [2.24, 2.45) is 4.99 Å². The average molecular weight is 361 g/mol. The third-order valence-corrected chi connectivity index (χ3v) is 4.52. The van der Waals surface area contributed by atoms with E-state index >= 15 is 0 Å². The molecule has 0 spiro atoms. The van der Waals surface area contributed by atoms with Crippen LogP contribution >= 0.6 is 11.3 Å². The normalized spacial score (nSPS) is 11.8. The van der Waals surface area contributed by atoms with E-state index in [2.05, 4.69) is 49.8 Å². The Balaban J connectivity index is 1.85. The van der Waals surface area contributed by atoms with Gasteiger partial charge in [-0.05, 0) is 31.9 Å². The fourth-order valence-electron chi connectivity index (χ4n) is 2.38. The lowest BCUT2D eigenvalue weighted by Gasteiger charge is -2.21. The summed E-state index contributed by atoms with van der Waals surface area (Å²) in [5, 5.41) is 6.59. The molecule has 5 nitrogen and oxygen atoms in total. The zero-order valence-corrected chi connectivity index (χ0v) is 16.6. The molecular formula is C19H28N4OS. The molecule has 0 radical (unpaired) electrons. The van der Waals surface area contributed by atoms with Gasteiger partial charge in [-0.1, -0.05) is 24.3 Å². The number of benzene rings is 1. The van der Waals surface area contributed by atoms with Crippen LogP contribution in [0.1, 0.15) is 35.7 Å². The molecule has 2 aromatic rings. The van der Waals surface area contributed by atoms with E-state index in [1.54, 1.807) is 18.4 Å². The van der Waals surface area contributed by atoms with Crippen LogP contribution in [0.5, 0.6) is 0 Å². The first-order valence-corrected chi connectivity index (χ1v) is 9.38. The summed E-state index contributed by atoms with van der Waals surface area (Å²) in [6.45, 7) is 8.26. The number of ether oxygens (including phenoxy) is 1. The number of rotatable bonds is 7. The Morgan fingerprint density at radius 3 is 2.52 bits per heavy atom. The highest BCUT2D eigenvalue weighted by atomic mass is 32.1. The first kappa shape index (κ1) is 19.4. The van der Waals surface area contributed by atoms with Crippen molar-refractivity contribution in [2.75, 3.05) is 14.1 Å². The Morgan fingerprint density at radius 1 is 1.28 bits per heavy atom. The second-order valence-electron chi connectivity index (χ2n) is 6.29. The zero-order chi connectivity index (χ0) is 18.2. The lowest BCUT2D eigenvalue weighted by Crippen LogP contribution is -2.38. The van der Waals surface area contributed by atoms with Crippen LogP contribution in [-0.2, 0) is 24.4 Å². The number of hydrogen-bond acceptors (Lipinski definition) is 4. The molecule has 0 fully saturated rings. The number of thiazole rings is 1. The zero-order valence-electron chi connectivity index (χ0n) is 15.7. The Hall–Kier alpha value is -1.92. The van der Waals surface area contributed by atoms with Gasteiger partial charge < -0.3 is 15.0 Å². The van der Waals surface area contributed by atoms with Crippen LogP contribution in [0, 0.1) is 6.92 Å². The van der Waals surface area contributed by atoms with Crippen molar-refractivity contribution < 1.29 is 4.74 Å². The lowest BCUT2D eigenvalue weighted by molar-refractivity contribution is 0.0657. The Bertz CT molecular complexity index is 679. The van der Waals surface area contributed by atoms with E-state index in [1.807, 2.05) is 27.8 Å². The summed E-state index contributed by atoms with van der Waals surface area (Å²) < 4.78 is 5.63. The molecule has 0 aliphatic heterocycles. The highest BCUT2D eigenvalue weighted by molar-refractivity contribution is 7.09. The Labute approximate surface area is 154 Å². The number of aliphatic imine (C=N–C) groups is 1. The van der Waals surface area contributed by atoms with Gasteiger partial charge in [-0.25, -0.2) is 4.98 Å². The molecule has 1 aromatic carbocycles. The van der Waals surface area contributed by atoms with Crippen molar-refractivity contribution in [1.82, 2.24) is 15.2 Å². The van der Waals surface area contributed by atoms with Gasteiger partial charge in [0, 0.05) is 26.0 Å². The van der Waals surface area contributed by atoms with E-state index in [0.29, 0.717) is 6.61 Å². The topological polar surface area (TPSA) is 49.8 Å². The molecule has 1 aromatic heterocycles. The minimum absolute atomic E-state index is 0.252. The fourth-order valence-corrected chi connectivity index (χ4v) is 2.98. The van der Waals surface area contributed by atoms with Gasteiger partial charge >= 0.3 is 0 Å². The van der Waals surface area contributed by atoms with E-state index < -0.39 is 0 Å². The molecule has 2 rings (SSSR count). The number of aryl methyl sites for hydroxylation is 1. The Kier molecular flexibility index (Phi) is 7.40. The van der Waals surface area contributed by atoms with Crippen molar-refractivity contribution in [1.29, 1.82) is 0 Å². The van der Waals surface area contributed by atoms with Gasteiger partial charge in [-0.15, -0.1) is 11.3 Å². The number of guanidine groups is 1. The second kappa shape index (κ2) is 9.53. The second-order valence-corrected chi connectivity index (χ2v) is 7.35. The van der Waals surface area contributed by atoms with Gasteiger partial charge in [0.1, 0.15) is 0 Å². The van der Waals surface area contributed by atoms with E-state index in [0.717, 1.165) is 29.8 Å². The quantitative estimate of drug-likeness (QED) is 0.606. The highest BCUT2D eigenvalue weighted by Crippen LogP contribution is 2.10. The maximum atomic E-state index is 5.63. The van der Waals surface area contributed by atoms with E-state index in [4.69, 9.17) is 4.74 Å². The molecule has 0 saturated heterocycles. The predicted molar refractivity (Wildman–Crippen MR) is 105 cm³/mol. The molecule has 1 heterocycles. The molecule has 0 aliphatic carbocycles. The van der Waals surface area contributed by atoms with Crippen LogP contribution in [0.4, 0.5) is 0 Å². The molecule has 136 valence electrons. The first-order valence-electron chi connectivity index (χ1n) is 8.50. The molecule has 0 aliphatic rings. The monoisotopic (exact) mass is 360 g/mol. The number of aromatic nitrogens is 1. The maximum absolute atomic E-state index is 5.63. The number of hydrogen-bond donors (Lipinski definition) is 1. The van der Waals surface area contributed by atoms with Crippen LogP contribution in [-0.4, -0.2) is 36.0 Å². The molecule has 0 amide bonds. The van der Waals surface area contributed by atoms with Crippen LogP contribution in [0.3, 0.4) is 0 Å². The molecule has 0 bridgehead atoms. The fraction of sp³-hybridized carbons (Fsp3) is 0.474. The number of nitrogens with zero attached hydrogens (tertiary/aromatic N) is 3. The van der Waals surface area contributed by atoms with Crippen molar-refractivity contribution in [3.8, 4) is 0 Å². The summed E-state index contributed by atoms with van der Waals surface area (Å²) in [5.41, 5.74) is 3.48. The molecule has 25 heavy (non-hydrogen) atoms. The Morgan fingerprint density at radius 2 is 1.96 bits per heavy atom. The van der Waals surface area contributed by atoms with Gasteiger partial charge in [0.15, 0.2) is 5.96 Å². The van der Waals surface area contributed by atoms with Gasteiger partial charge in [-0.3, -0.25) is 4.99 Å². The largest absolute Gasteiger partial charge is 0.374 e. The van der Waals surface area contributed by atoms with Gasteiger partial charge in [-0.2, -0.15) is 0 Å². The van der Waals surface area contributed by atoms with Gasteiger partial charge in [0.25, 0.3) is 0 Å². The van der Waals surface area contributed by atoms with E-state index in [-0.39, 0.29) is 6.10 Å². The van der Waals surface area contributed by atoms with Crippen LogP contribution in [0.25, 0.3) is 0 Å². The molecule has 0 unspecified atom stereocenters. The third-order valence-electron chi connectivity index (χ3n) is 3.70. The van der Waals surface area contributed by atoms with Crippen molar-refractivity contribution in [2.45, 2.75) is 46.6 Å². The van der Waals surface area contributed by atoms with Crippen LogP contribution in [0.2, 0.25) is 0 Å². The van der Waals surface area contributed by atoms with Gasteiger partial charge in [0.05, 0.1) is 30.0 Å². The summed E-state index contributed by atoms with van der Waals surface area (Å²) in [6.07, 6.45) is 0.252. The van der Waals surface area contributed by atoms with Crippen LogP contribution < -0.4 is 5.32 Å². The third kappa shape index (κ3) is 6.48. The SMILES string of the molecule is CN=C(NCc1ccc(COC(C)C)cc1)N(C)Cc1csc(C)n1.